The first-order chi connectivity index (χ1) is 6.58. The number of hydrogen-bond donors (Lipinski definition) is 1. The first kappa shape index (κ1) is 10.4. The molecule has 1 aliphatic carbocycles. The predicted molar refractivity (Wildman–Crippen MR) is 58.2 cm³/mol. The summed E-state index contributed by atoms with van der Waals surface area (Å²) in [4.78, 5) is 2.53. The highest BCUT2D eigenvalue weighted by Gasteiger charge is 2.35. The second-order valence-corrected chi connectivity index (χ2v) is 5.80. The van der Waals surface area contributed by atoms with Crippen LogP contribution >= 0.6 is 0 Å². The molecule has 0 aromatic rings. The van der Waals surface area contributed by atoms with Gasteiger partial charge in [-0.1, -0.05) is 13.8 Å². The van der Waals surface area contributed by atoms with Crippen molar-refractivity contribution in [2.75, 3.05) is 13.1 Å². The van der Waals surface area contributed by atoms with Crippen LogP contribution in [-0.2, 0) is 0 Å². The molecule has 1 heterocycles. The number of rotatable bonds is 1. The van der Waals surface area contributed by atoms with Gasteiger partial charge in [0.2, 0.25) is 0 Å². The maximum Gasteiger partial charge on any atom is 0.0695 e. The van der Waals surface area contributed by atoms with Crippen LogP contribution in [0.3, 0.4) is 0 Å². The molecule has 2 aliphatic rings. The van der Waals surface area contributed by atoms with Gasteiger partial charge in [0.25, 0.3) is 0 Å². The Hall–Kier alpha value is -0.0800. The third-order valence-electron chi connectivity index (χ3n) is 3.84. The molecule has 0 amide bonds. The van der Waals surface area contributed by atoms with E-state index in [9.17, 15) is 5.11 Å². The zero-order valence-corrected chi connectivity index (χ0v) is 9.50. The number of aliphatic hydroxyl groups excluding tert-OH is 1. The second kappa shape index (κ2) is 3.82. The van der Waals surface area contributed by atoms with Gasteiger partial charge in [-0.05, 0) is 44.1 Å². The van der Waals surface area contributed by atoms with E-state index in [-0.39, 0.29) is 6.10 Å². The number of nitrogens with zero attached hydrogens (tertiary/aromatic N) is 1. The van der Waals surface area contributed by atoms with Gasteiger partial charge in [-0.2, -0.15) is 0 Å². The van der Waals surface area contributed by atoms with Crippen LogP contribution in [0, 0.1) is 5.41 Å². The molecule has 2 fully saturated rings. The molecule has 2 atom stereocenters. The fraction of sp³-hybridized carbons (Fsp3) is 1.00. The molecule has 1 N–H and O–H groups in total. The second-order valence-electron chi connectivity index (χ2n) is 5.80. The molecule has 2 nitrogen and oxygen atoms in total. The van der Waals surface area contributed by atoms with E-state index >= 15 is 0 Å². The average Bonchev–Trinajstić information content (AvgIpc) is 2.49. The molecule has 14 heavy (non-hydrogen) atoms. The lowest BCUT2D eigenvalue weighted by molar-refractivity contribution is 0.0222. The van der Waals surface area contributed by atoms with Crippen molar-refractivity contribution in [3.63, 3.8) is 0 Å². The van der Waals surface area contributed by atoms with E-state index in [2.05, 4.69) is 18.7 Å². The molecule has 0 aromatic carbocycles. The molecule has 1 saturated carbocycles. The predicted octanol–water partition coefficient (Wildman–Crippen LogP) is 2.02. The number of piperidine rings is 1. The zero-order chi connectivity index (χ0) is 10.2. The van der Waals surface area contributed by atoms with Crippen molar-refractivity contribution in [3.05, 3.63) is 0 Å². The van der Waals surface area contributed by atoms with Crippen LogP contribution in [0.1, 0.15) is 46.0 Å². The van der Waals surface area contributed by atoms with Gasteiger partial charge in [0, 0.05) is 12.6 Å². The Balaban J connectivity index is 1.97. The number of likely N-dealkylation sites (tertiary alicyclic amines) is 1. The van der Waals surface area contributed by atoms with E-state index in [4.69, 9.17) is 0 Å². The van der Waals surface area contributed by atoms with Crippen LogP contribution in [0.15, 0.2) is 0 Å². The maximum atomic E-state index is 9.87. The molecule has 82 valence electrons. The maximum absolute atomic E-state index is 9.87. The molecule has 2 rings (SSSR count). The lowest BCUT2D eigenvalue weighted by atomic mass is 9.83. The van der Waals surface area contributed by atoms with Gasteiger partial charge in [-0.3, -0.25) is 4.90 Å². The summed E-state index contributed by atoms with van der Waals surface area (Å²) in [5, 5.41) is 9.87. The van der Waals surface area contributed by atoms with Crippen LogP contribution in [0.25, 0.3) is 0 Å². The average molecular weight is 197 g/mol. The quantitative estimate of drug-likeness (QED) is 0.695. The summed E-state index contributed by atoms with van der Waals surface area (Å²) in [7, 11) is 0. The highest BCUT2D eigenvalue weighted by Crippen LogP contribution is 2.33. The third kappa shape index (κ3) is 2.12. The van der Waals surface area contributed by atoms with Crippen molar-refractivity contribution < 1.29 is 5.11 Å². The molecule has 0 radical (unpaired) electrons. The Morgan fingerprint density at radius 3 is 2.57 bits per heavy atom. The lowest BCUT2D eigenvalue weighted by Gasteiger charge is -2.42. The van der Waals surface area contributed by atoms with Crippen molar-refractivity contribution >= 4 is 0 Å². The molecule has 0 bridgehead atoms. The Morgan fingerprint density at radius 1 is 1.21 bits per heavy atom. The lowest BCUT2D eigenvalue weighted by Crippen LogP contribution is -2.48. The van der Waals surface area contributed by atoms with Crippen LogP contribution in [0.5, 0.6) is 0 Å². The summed E-state index contributed by atoms with van der Waals surface area (Å²) in [5.74, 6) is 0. The molecule has 1 saturated heterocycles. The standard InChI is InChI=1S/C12H23NO/c1-12(2)7-4-8-13(9-12)10-5-3-6-11(10)14/h10-11,14H,3-9H2,1-2H3. The summed E-state index contributed by atoms with van der Waals surface area (Å²) in [6, 6.07) is 0.467. The zero-order valence-electron chi connectivity index (χ0n) is 9.50. The molecular weight excluding hydrogens is 174 g/mol. The first-order valence-electron chi connectivity index (χ1n) is 6.01. The van der Waals surface area contributed by atoms with E-state index in [0.29, 0.717) is 11.5 Å². The monoisotopic (exact) mass is 197 g/mol. The highest BCUT2D eigenvalue weighted by atomic mass is 16.3. The van der Waals surface area contributed by atoms with Gasteiger partial charge >= 0.3 is 0 Å². The molecule has 0 spiro atoms. The van der Waals surface area contributed by atoms with E-state index in [1.54, 1.807) is 0 Å². The molecule has 2 unspecified atom stereocenters. The SMILES string of the molecule is CC1(C)CCCN(C2CCCC2O)C1. The van der Waals surface area contributed by atoms with Crippen LogP contribution < -0.4 is 0 Å². The van der Waals surface area contributed by atoms with Gasteiger partial charge in [0.15, 0.2) is 0 Å². The fourth-order valence-electron chi connectivity index (χ4n) is 3.10. The fourth-order valence-corrected chi connectivity index (χ4v) is 3.10. The van der Waals surface area contributed by atoms with Gasteiger partial charge in [0.1, 0.15) is 0 Å². The molecule has 0 aromatic heterocycles. The van der Waals surface area contributed by atoms with Gasteiger partial charge in [0.05, 0.1) is 6.10 Å². The largest absolute Gasteiger partial charge is 0.391 e. The summed E-state index contributed by atoms with van der Waals surface area (Å²) < 4.78 is 0. The Kier molecular flexibility index (Phi) is 2.85. The topological polar surface area (TPSA) is 23.5 Å². The minimum atomic E-state index is -0.0519. The smallest absolute Gasteiger partial charge is 0.0695 e. The minimum Gasteiger partial charge on any atom is -0.391 e. The molecular formula is C12H23NO. The normalized spacial score (nSPS) is 38.8. The van der Waals surface area contributed by atoms with Crippen molar-refractivity contribution in [2.45, 2.75) is 58.1 Å². The van der Waals surface area contributed by atoms with E-state index < -0.39 is 0 Å². The molecule has 2 heteroatoms. The Morgan fingerprint density at radius 2 is 2.00 bits per heavy atom. The van der Waals surface area contributed by atoms with E-state index in [1.807, 2.05) is 0 Å². The minimum absolute atomic E-state index is 0.0519. The molecule has 1 aliphatic heterocycles. The van der Waals surface area contributed by atoms with Crippen molar-refractivity contribution in [3.8, 4) is 0 Å². The first-order valence-corrected chi connectivity index (χ1v) is 6.01. The highest BCUT2D eigenvalue weighted by molar-refractivity contribution is 4.90. The van der Waals surface area contributed by atoms with Crippen molar-refractivity contribution in [1.29, 1.82) is 0 Å². The third-order valence-corrected chi connectivity index (χ3v) is 3.84. The van der Waals surface area contributed by atoms with Gasteiger partial charge in [-0.25, -0.2) is 0 Å². The summed E-state index contributed by atoms with van der Waals surface area (Å²) >= 11 is 0. The van der Waals surface area contributed by atoms with Crippen LogP contribution in [0.2, 0.25) is 0 Å². The van der Waals surface area contributed by atoms with Crippen LogP contribution in [0.4, 0.5) is 0 Å². The Labute approximate surface area is 87.3 Å². The Bertz CT molecular complexity index is 202. The van der Waals surface area contributed by atoms with E-state index in [1.165, 1.54) is 38.8 Å². The van der Waals surface area contributed by atoms with Crippen LogP contribution in [-0.4, -0.2) is 35.2 Å². The summed E-state index contributed by atoms with van der Waals surface area (Å²) in [6.45, 7) is 7.07. The van der Waals surface area contributed by atoms with Gasteiger partial charge < -0.3 is 5.11 Å². The van der Waals surface area contributed by atoms with Crippen molar-refractivity contribution in [1.82, 2.24) is 4.90 Å². The number of aliphatic hydroxyl groups is 1. The van der Waals surface area contributed by atoms with E-state index in [0.717, 1.165) is 6.42 Å². The number of hydrogen-bond acceptors (Lipinski definition) is 2. The van der Waals surface area contributed by atoms with Gasteiger partial charge in [-0.15, -0.1) is 0 Å². The summed E-state index contributed by atoms with van der Waals surface area (Å²) in [6.07, 6.45) is 6.02. The summed E-state index contributed by atoms with van der Waals surface area (Å²) in [5.41, 5.74) is 0.459. The van der Waals surface area contributed by atoms with Crippen molar-refractivity contribution in [2.24, 2.45) is 5.41 Å².